The van der Waals surface area contributed by atoms with Crippen molar-refractivity contribution in [3.63, 3.8) is 0 Å². The number of carbonyl (C=O) groups is 1. The highest BCUT2D eigenvalue weighted by molar-refractivity contribution is 7.52. The van der Waals surface area contributed by atoms with Gasteiger partial charge in [-0.25, -0.2) is 9.36 Å². The molecule has 2 aromatic rings. The van der Waals surface area contributed by atoms with Gasteiger partial charge in [0.15, 0.2) is 0 Å². The molecular weight excluding hydrogens is 519 g/mol. The van der Waals surface area contributed by atoms with E-state index in [0.29, 0.717) is 0 Å². The van der Waals surface area contributed by atoms with Gasteiger partial charge < -0.3 is 14.0 Å². The number of methoxy groups -OCH3 is 1. The normalized spacial score (nSPS) is 21.3. The van der Waals surface area contributed by atoms with E-state index in [1.165, 1.54) is 24.8 Å². The van der Waals surface area contributed by atoms with Crippen LogP contribution in [0.2, 0.25) is 0 Å². The van der Waals surface area contributed by atoms with Crippen LogP contribution in [0.4, 0.5) is 0 Å². The van der Waals surface area contributed by atoms with Crippen LogP contribution in [0.1, 0.15) is 38.5 Å². The third-order valence-corrected chi connectivity index (χ3v) is 7.31. The number of ether oxygens (including phenoxy) is 2. The van der Waals surface area contributed by atoms with E-state index in [1.807, 2.05) is 13.8 Å². The lowest BCUT2D eigenvalue weighted by molar-refractivity contribution is -0.143. The Balaban J connectivity index is 1.85. The molecule has 15 heteroatoms. The van der Waals surface area contributed by atoms with Crippen LogP contribution in [0, 0.1) is 12.8 Å². The number of rotatable bonds is 12. The first-order valence-electron chi connectivity index (χ1n) is 11.9. The summed E-state index contributed by atoms with van der Waals surface area (Å²) in [7, 11) is -2.99. The van der Waals surface area contributed by atoms with Gasteiger partial charge >= 0.3 is 19.4 Å². The molecule has 1 saturated heterocycles. The third-order valence-electron chi connectivity index (χ3n) is 5.74. The Hall–Kier alpha value is -3.41. The zero-order valence-corrected chi connectivity index (χ0v) is 22.4. The van der Waals surface area contributed by atoms with Gasteiger partial charge in [0.1, 0.15) is 18.0 Å². The topological polar surface area (TPSA) is 187 Å². The van der Waals surface area contributed by atoms with E-state index in [-0.39, 0.29) is 36.7 Å². The average Bonchev–Trinajstić information content (AvgIpc) is 3.27. The summed E-state index contributed by atoms with van der Waals surface area (Å²) in [6.07, 6.45) is -0.0749. The quantitative estimate of drug-likeness (QED) is 0.132. The highest BCUT2D eigenvalue weighted by atomic mass is 31.2. The summed E-state index contributed by atoms with van der Waals surface area (Å²) in [6, 6.07) is 6.46. The lowest BCUT2D eigenvalue weighted by atomic mass is 10.1. The molecule has 5 atom stereocenters. The fraction of sp³-hybridized carbons (Fsp3) is 0.522. The second-order valence-electron chi connectivity index (χ2n) is 9.15. The number of H-pyrrole nitrogens is 1. The summed E-state index contributed by atoms with van der Waals surface area (Å²) in [5, 5.41) is 6.42. The molecule has 1 aromatic heterocycles. The molecule has 1 aliphatic rings. The Kier molecular flexibility index (Phi) is 9.90. The van der Waals surface area contributed by atoms with Crippen molar-refractivity contribution in [2.24, 2.45) is 11.0 Å². The fourth-order valence-corrected chi connectivity index (χ4v) is 5.43. The van der Waals surface area contributed by atoms with Gasteiger partial charge in [-0.05, 0) is 36.9 Å². The standard InChI is InChI=1S/C23H31N6O8P/c1-14(2)10-18(22(31)34-4)27-38(33,37-16-8-6-5-7-9-16)35-13-19-17(26-28-24)11-20(36-19)29-12-15(3)21(30)25-23(29)32/h5-9,12,14,17-20H,10-11,13H2,1-4H3,(H,27,33)(H,25,30,32)/t17?,18-,19+,20+,38?/m0/s1. The van der Waals surface area contributed by atoms with Gasteiger partial charge in [0.25, 0.3) is 5.56 Å². The molecule has 206 valence electrons. The number of azide groups is 1. The van der Waals surface area contributed by atoms with Crippen molar-refractivity contribution in [1.82, 2.24) is 14.6 Å². The van der Waals surface area contributed by atoms with Gasteiger partial charge in [-0.1, -0.05) is 37.2 Å². The van der Waals surface area contributed by atoms with Crippen molar-refractivity contribution in [3.05, 3.63) is 73.4 Å². The molecule has 2 heterocycles. The molecule has 2 N–H and O–H groups in total. The van der Waals surface area contributed by atoms with Crippen LogP contribution in [0.15, 0.2) is 51.2 Å². The van der Waals surface area contributed by atoms with Gasteiger partial charge in [0.05, 0.1) is 25.9 Å². The van der Waals surface area contributed by atoms with E-state index in [0.717, 1.165) is 0 Å². The number of esters is 1. The summed E-state index contributed by atoms with van der Waals surface area (Å²) in [4.78, 5) is 41.5. The highest BCUT2D eigenvalue weighted by Gasteiger charge is 2.40. The summed E-state index contributed by atoms with van der Waals surface area (Å²) in [6.45, 7) is 4.94. The van der Waals surface area contributed by atoms with Gasteiger partial charge in [-0.2, -0.15) is 5.09 Å². The number of hydrogen-bond acceptors (Lipinski definition) is 9. The maximum absolute atomic E-state index is 13.9. The van der Waals surface area contributed by atoms with Crippen LogP contribution in [0.5, 0.6) is 5.75 Å². The van der Waals surface area contributed by atoms with Crippen molar-refractivity contribution in [2.45, 2.75) is 58.0 Å². The first-order valence-corrected chi connectivity index (χ1v) is 13.5. The molecule has 0 radical (unpaired) electrons. The summed E-state index contributed by atoms with van der Waals surface area (Å²) in [5.74, 6) is -0.371. The largest absolute Gasteiger partial charge is 0.468 e. The molecule has 2 unspecified atom stereocenters. The fourth-order valence-electron chi connectivity index (χ4n) is 3.91. The Morgan fingerprint density at radius 1 is 1.34 bits per heavy atom. The summed E-state index contributed by atoms with van der Waals surface area (Å²) >= 11 is 0. The Morgan fingerprint density at radius 2 is 2.05 bits per heavy atom. The minimum absolute atomic E-state index is 0.0455. The van der Waals surface area contributed by atoms with E-state index in [2.05, 4.69) is 20.1 Å². The Morgan fingerprint density at radius 3 is 2.68 bits per heavy atom. The Labute approximate surface area is 218 Å². The number of aryl methyl sites for hydroxylation is 1. The molecule has 0 amide bonds. The number of benzene rings is 1. The van der Waals surface area contributed by atoms with E-state index < -0.39 is 49.4 Å². The zero-order chi connectivity index (χ0) is 27.9. The van der Waals surface area contributed by atoms with Crippen molar-refractivity contribution in [3.8, 4) is 5.75 Å². The van der Waals surface area contributed by atoms with Gasteiger partial charge in [-0.3, -0.25) is 23.7 Å². The van der Waals surface area contributed by atoms with Gasteiger partial charge in [0.2, 0.25) is 0 Å². The molecule has 0 bridgehead atoms. The first kappa shape index (κ1) is 29.2. The second-order valence-corrected chi connectivity index (χ2v) is 10.8. The van der Waals surface area contributed by atoms with Crippen molar-refractivity contribution >= 4 is 13.7 Å². The van der Waals surface area contributed by atoms with Gasteiger partial charge in [-0.15, -0.1) is 0 Å². The number of carbonyl (C=O) groups excluding carboxylic acids is 1. The van der Waals surface area contributed by atoms with E-state index in [4.69, 9.17) is 24.1 Å². The third kappa shape index (κ3) is 7.56. The summed E-state index contributed by atoms with van der Waals surface area (Å²) in [5.41, 5.74) is 8.12. The van der Waals surface area contributed by atoms with Crippen molar-refractivity contribution < 1.29 is 27.9 Å². The van der Waals surface area contributed by atoms with Crippen molar-refractivity contribution in [2.75, 3.05) is 13.7 Å². The number of hydrogen-bond donors (Lipinski definition) is 2. The molecule has 38 heavy (non-hydrogen) atoms. The molecular formula is C23H31N6O8P. The van der Waals surface area contributed by atoms with E-state index in [9.17, 15) is 18.9 Å². The second kappa shape index (κ2) is 12.9. The average molecular weight is 551 g/mol. The number of aromatic nitrogens is 2. The minimum Gasteiger partial charge on any atom is -0.468 e. The van der Waals surface area contributed by atoms with Crippen LogP contribution in [-0.2, 0) is 23.4 Å². The Bertz CT molecular complexity index is 1320. The molecule has 0 spiro atoms. The van der Waals surface area contributed by atoms with E-state index >= 15 is 0 Å². The smallest absolute Gasteiger partial charge is 0.459 e. The van der Waals surface area contributed by atoms with Crippen LogP contribution in [0.3, 0.4) is 0 Å². The molecule has 1 aromatic carbocycles. The molecule has 3 rings (SSSR count). The number of para-hydroxylation sites is 1. The number of nitrogens with zero attached hydrogens (tertiary/aromatic N) is 4. The monoisotopic (exact) mass is 550 g/mol. The molecule has 1 aliphatic heterocycles. The van der Waals surface area contributed by atoms with Crippen LogP contribution < -0.4 is 20.9 Å². The molecule has 1 fully saturated rings. The zero-order valence-electron chi connectivity index (χ0n) is 21.5. The molecule has 14 nitrogen and oxygen atoms in total. The predicted molar refractivity (Wildman–Crippen MR) is 137 cm³/mol. The SMILES string of the molecule is COC(=O)[C@H](CC(C)C)NP(=O)(OC[C@H]1O[C@@H](n2cc(C)c(=O)[nH]c2=O)CC1N=[N+]=[N-])Oc1ccccc1. The van der Waals surface area contributed by atoms with Crippen LogP contribution in [0.25, 0.3) is 10.4 Å². The highest BCUT2D eigenvalue weighted by Crippen LogP contribution is 2.46. The maximum Gasteiger partial charge on any atom is 0.459 e. The van der Waals surface area contributed by atoms with Crippen molar-refractivity contribution in [1.29, 1.82) is 0 Å². The minimum atomic E-state index is -4.22. The van der Waals surface area contributed by atoms with Crippen LogP contribution >= 0.6 is 7.75 Å². The molecule has 0 aliphatic carbocycles. The first-order chi connectivity index (χ1) is 18.0. The van der Waals surface area contributed by atoms with E-state index in [1.54, 1.807) is 30.3 Å². The predicted octanol–water partition coefficient (Wildman–Crippen LogP) is 3.19. The summed E-state index contributed by atoms with van der Waals surface area (Å²) < 4.78 is 37.3. The number of aromatic amines is 1. The lowest BCUT2D eigenvalue weighted by Gasteiger charge is -2.26. The maximum atomic E-state index is 13.9. The van der Waals surface area contributed by atoms with Gasteiger partial charge in [0, 0.05) is 23.1 Å². The molecule has 0 saturated carbocycles. The van der Waals surface area contributed by atoms with Crippen LogP contribution in [-0.4, -0.2) is 47.4 Å². The number of nitrogens with one attached hydrogen (secondary N) is 2. The lowest BCUT2D eigenvalue weighted by Crippen LogP contribution is -2.39.